The second-order valence-electron chi connectivity index (χ2n) is 11.5. The van der Waals surface area contributed by atoms with Gasteiger partial charge in [0.05, 0.1) is 12.6 Å². The fourth-order valence-electron chi connectivity index (χ4n) is 5.85. The number of hydrogen-bond acceptors (Lipinski definition) is 8. The average Bonchev–Trinajstić information content (AvgIpc) is 3.55. The number of benzene rings is 2. The van der Waals surface area contributed by atoms with Gasteiger partial charge < -0.3 is 24.0 Å². The molecule has 2 saturated heterocycles. The number of hydrogen-bond donors (Lipinski definition) is 1. The molecule has 44 heavy (non-hydrogen) atoms. The number of ether oxygens (including phenoxy) is 3. The summed E-state index contributed by atoms with van der Waals surface area (Å²) in [5.41, 5.74) is 1.84. The maximum Gasteiger partial charge on any atom is 0.410 e. The summed E-state index contributed by atoms with van der Waals surface area (Å²) in [6, 6.07) is 17.1. The number of amides is 2. The van der Waals surface area contributed by atoms with Crippen LogP contribution in [-0.2, 0) is 41.8 Å². The first-order chi connectivity index (χ1) is 21.4. The highest BCUT2D eigenvalue weighted by Gasteiger charge is 2.38. The Bertz CT molecular complexity index is 1220. The number of rotatable bonds is 13. The van der Waals surface area contributed by atoms with E-state index < -0.39 is 30.1 Å². The predicted molar refractivity (Wildman–Crippen MR) is 164 cm³/mol. The van der Waals surface area contributed by atoms with Gasteiger partial charge in [-0.25, -0.2) is 9.59 Å². The zero-order valence-corrected chi connectivity index (χ0v) is 25.8. The van der Waals surface area contributed by atoms with E-state index in [0.29, 0.717) is 44.8 Å². The van der Waals surface area contributed by atoms with Gasteiger partial charge in [0, 0.05) is 19.6 Å². The average molecular weight is 608 g/mol. The van der Waals surface area contributed by atoms with E-state index in [1.807, 2.05) is 60.7 Å². The zero-order chi connectivity index (χ0) is 31.3. The van der Waals surface area contributed by atoms with Crippen LogP contribution in [0.25, 0.3) is 0 Å². The van der Waals surface area contributed by atoms with Crippen molar-refractivity contribution in [2.24, 2.45) is 5.92 Å². The third-order valence-electron chi connectivity index (χ3n) is 8.37. The summed E-state index contributed by atoms with van der Waals surface area (Å²) in [7, 11) is 0. The van der Waals surface area contributed by atoms with Gasteiger partial charge in [-0.1, -0.05) is 60.7 Å². The van der Waals surface area contributed by atoms with Crippen LogP contribution in [0.4, 0.5) is 4.79 Å². The number of carbonyl (C=O) groups excluding carboxylic acids is 4. The fraction of sp³-hybridized carbons (Fsp3) is 0.529. The minimum Gasteiger partial charge on any atom is -0.465 e. The second-order valence-corrected chi connectivity index (χ2v) is 11.5. The lowest BCUT2D eigenvalue weighted by molar-refractivity contribution is -0.155. The first-order valence-corrected chi connectivity index (χ1v) is 15.7. The molecule has 1 N–H and O–H groups in total. The van der Waals surface area contributed by atoms with Crippen LogP contribution in [0.5, 0.6) is 0 Å². The predicted octanol–water partition coefficient (Wildman–Crippen LogP) is 4.46. The molecule has 238 valence electrons. The molecule has 2 amide bonds. The molecule has 4 rings (SSSR count). The van der Waals surface area contributed by atoms with Crippen molar-refractivity contribution in [2.75, 3.05) is 26.2 Å². The van der Waals surface area contributed by atoms with Crippen molar-refractivity contribution >= 4 is 23.9 Å². The largest absolute Gasteiger partial charge is 0.465 e. The molecule has 2 aliphatic heterocycles. The Kier molecular flexibility index (Phi) is 12.6. The maximum absolute atomic E-state index is 13.5. The van der Waals surface area contributed by atoms with E-state index in [0.717, 1.165) is 30.4 Å². The van der Waals surface area contributed by atoms with Gasteiger partial charge in [-0.15, -0.1) is 0 Å². The molecular formula is C34H45N3O7. The van der Waals surface area contributed by atoms with Crippen LogP contribution in [0.15, 0.2) is 60.7 Å². The van der Waals surface area contributed by atoms with Gasteiger partial charge in [0.25, 0.3) is 0 Å². The Morgan fingerprint density at radius 3 is 2.07 bits per heavy atom. The van der Waals surface area contributed by atoms with Crippen molar-refractivity contribution in [3.63, 3.8) is 0 Å². The summed E-state index contributed by atoms with van der Waals surface area (Å²) in [5, 5.41) is 3.19. The number of esters is 2. The Morgan fingerprint density at radius 1 is 0.841 bits per heavy atom. The van der Waals surface area contributed by atoms with Gasteiger partial charge in [-0.2, -0.15) is 0 Å². The first kappa shape index (κ1) is 33.0. The standard InChI is InChI=1S/C34H45N3O7/c1-3-42-32(39)29(17-16-26-18-21-36(22-19-26)34(41)44-24-28-13-8-5-9-14-28)35-25(2)31(38)37-20-10-15-30(37)33(40)43-23-27-11-6-4-7-12-27/h4-9,11-14,25-26,29-30,35H,3,10,15-24H2,1-2H3/t25-,29-,30-/m0/s1. The lowest BCUT2D eigenvalue weighted by Gasteiger charge is -2.32. The second kappa shape index (κ2) is 16.8. The van der Waals surface area contributed by atoms with E-state index in [4.69, 9.17) is 14.2 Å². The molecule has 0 spiro atoms. The van der Waals surface area contributed by atoms with E-state index in [9.17, 15) is 19.2 Å². The first-order valence-electron chi connectivity index (χ1n) is 15.7. The topological polar surface area (TPSA) is 114 Å². The van der Waals surface area contributed by atoms with Crippen molar-refractivity contribution in [3.05, 3.63) is 71.8 Å². The van der Waals surface area contributed by atoms with Crippen LogP contribution in [0, 0.1) is 5.92 Å². The molecule has 2 aromatic rings. The SMILES string of the molecule is CCOC(=O)[C@H](CCC1CCN(C(=O)OCc2ccccc2)CC1)N[C@@H](C)C(=O)N1CCC[C@H]1C(=O)OCc1ccccc1. The van der Waals surface area contributed by atoms with Crippen LogP contribution in [0.3, 0.4) is 0 Å². The van der Waals surface area contributed by atoms with Crippen molar-refractivity contribution in [1.82, 2.24) is 15.1 Å². The van der Waals surface area contributed by atoms with Crippen molar-refractivity contribution in [1.29, 1.82) is 0 Å². The van der Waals surface area contributed by atoms with Gasteiger partial charge in [0.15, 0.2) is 0 Å². The van der Waals surface area contributed by atoms with Gasteiger partial charge in [-0.3, -0.25) is 14.9 Å². The number of likely N-dealkylation sites (tertiary alicyclic amines) is 2. The molecule has 3 atom stereocenters. The molecule has 2 aromatic carbocycles. The highest BCUT2D eigenvalue weighted by Crippen LogP contribution is 2.25. The Morgan fingerprint density at radius 2 is 1.45 bits per heavy atom. The van der Waals surface area contributed by atoms with E-state index in [-0.39, 0.29) is 31.8 Å². The third kappa shape index (κ3) is 9.54. The summed E-state index contributed by atoms with van der Waals surface area (Å²) >= 11 is 0. The van der Waals surface area contributed by atoms with Gasteiger partial charge >= 0.3 is 18.0 Å². The molecule has 0 aromatic heterocycles. The van der Waals surface area contributed by atoms with Gasteiger partial charge in [0.2, 0.25) is 5.91 Å². The van der Waals surface area contributed by atoms with Crippen molar-refractivity contribution in [3.8, 4) is 0 Å². The highest BCUT2D eigenvalue weighted by molar-refractivity contribution is 5.88. The van der Waals surface area contributed by atoms with Crippen LogP contribution < -0.4 is 5.32 Å². The molecule has 2 fully saturated rings. The molecule has 0 saturated carbocycles. The van der Waals surface area contributed by atoms with Crippen molar-refractivity contribution in [2.45, 2.75) is 83.7 Å². The van der Waals surface area contributed by atoms with Gasteiger partial charge in [0.1, 0.15) is 25.3 Å². The third-order valence-corrected chi connectivity index (χ3v) is 8.37. The Hall–Kier alpha value is -3.92. The van der Waals surface area contributed by atoms with Gasteiger partial charge in [-0.05, 0) is 69.4 Å². The quantitative estimate of drug-likeness (QED) is 0.262. The molecule has 10 heteroatoms. The number of piperidine rings is 1. The van der Waals surface area contributed by atoms with Crippen LogP contribution >= 0.6 is 0 Å². The fourth-order valence-corrected chi connectivity index (χ4v) is 5.85. The van der Waals surface area contributed by atoms with Crippen LogP contribution in [0.2, 0.25) is 0 Å². The summed E-state index contributed by atoms with van der Waals surface area (Å²) in [6.07, 6.45) is 3.82. The van der Waals surface area contributed by atoms with Crippen molar-refractivity contribution < 1.29 is 33.4 Å². The smallest absolute Gasteiger partial charge is 0.410 e. The molecular weight excluding hydrogens is 562 g/mol. The molecule has 2 aliphatic rings. The summed E-state index contributed by atoms with van der Waals surface area (Å²) in [6.45, 7) is 5.78. The zero-order valence-electron chi connectivity index (χ0n) is 25.8. The van der Waals surface area contributed by atoms with E-state index >= 15 is 0 Å². The van der Waals surface area contributed by atoms with E-state index in [1.165, 1.54) is 0 Å². The Labute approximate surface area is 260 Å². The lowest BCUT2D eigenvalue weighted by atomic mass is 9.90. The summed E-state index contributed by atoms with van der Waals surface area (Å²) in [5.74, 6) is -0.709. The monoisotopic (exact) mass is 607 g/mol. The Balaban J connectivity index is 1.24. The minimum absolute atomic E-state index is 0.157. The maximum atomic E-state index is 13.5. The summed E-state index contributed by atoms with van der Waals surface area (Å²) in [4.78, 5) is 55.0. The number of nitrogens with one attached hydrogen (secondary N) is 1. The normalized spacial score (nSPS) is 18.4. The highest BCUT2D eigenvalue weighted by atomic mass is 16.6. The number of nitrogens with zero attached hydrogens (tertiary/aromatic N) is 2. The molecule has 2 heterocycles. The molecule has 0 radical (unpaired) electrons. The molecule has 0 unspecified atom stereocenters. The van der Waals surface area contributed by atoms with Crippen LogP contribution in [0.1, 0.15) is 63.5 Å². The molecule has 10 nitrogen and oxygen atoms in total. The van der Waals surface area contributed by atoms with Crippen LogP contribution in [-0.4, -0.2) is 78.1 Å². The summed E-state index contributed by atoms with van der Waals surface area (Å²) < 4.78 is 16.3. The molecule has 0 aliphatic carbocycles. The molecule has 0 bridgehead atoms. The number of carbonyl (C=O) groups is 4. The van der Waals surface area contributed by atoms with E-state index in [1.54, 1.807) is 23.6 Å². The minimum atomic E-state index is -0.687. The van der Waals surface area contributed by atoms with E-state index in [2.05, 4.69) is 5.32 Å². The lowest BCUT2D eigenvalue weighted by Crippen LogP contribution is -2.53.